The lowest BCUT2D eigenvalue weighted by molar-refractivity contribution is 0.0698. The maximum atomic E-state index is 11.1. The van der Waals surface area contributed by atoms with E-state index in [4.69, 9.17) is 16.7 Å². The van der Waals surface area contributed by atoms with Crippen LogP contribution in [0.2, 0.25) is 5.02 Å². The maximum Gasteiger partial charge on any atom is 0.337 e. The number of rotatable bonds is 4. The average molecular weight is 282 g/mol. The molecule has 0 amide bonds. The molecule has 0 aliphatic carbocycles. The van der Waals surface area contributed by atoms with E-state index in [-0.39, 0.29) is 5.56 Å². The number of benzene rings is 1. The van der Waals surface area contributed by atoms with Crippen LogP contribution in [0.5, 0.6) is 0 Å². The van der Waals surface area contributed by atoms with Crippen molar-refractivity contribution in [2.24, 2.45) is 0 Å². The smallest absolute Gasteiger partial charge is 0.337 e. The van der Waals surface area contributed by atoms with Crippen molar-refractivity contribution in [1.82, 2.24) is 0 Å². The Labute approximate surface area is 114 Å². The SMILES string of the molecule is Cc1cscc1CNc1cc(Cl)ccc1C(=O)O. The number of carboxylic acids is 1. The van der Waals surface area contributed by atoms with Crippen LogP contribution in [0.3, 0.4) is 0 Å². The zero-order valence-corrected chi connectivity index (χ0v) is 11.3. The molecule has 2 N–H and O–H groups in total. The lowest BCUT2D eigenvalue weighted by Gasteiger charge is -2.10. The molecule has 0 aliphatic heterocycles. The highest BCUT2D eigenvalue weighted by Gasteiger charge is 2.10. The number of hydrogen-bond acceptors (Lipinski definition) is 3. The van der Waals surface area contributed by atoms with Gasteiger partial charge in [0.15, 0.2) is 0 Å². The molecule has 0 unspecified atom stereocenters. The van der Waals surface area contributed by atoms with Crippen molar-refractivity contribution < 1.29 is 9.90 Å². The molecule has 0 radical (unpaired) electrons. The standard InChI is InChI=1S/C13H12ClNO2S/c1-8-6-18-7-9(8)5-15-12-4-10(14)2-3-11(12)13(16)17/h2-4,6-7,15H,5H2,1H3,(H,16,17). The van der Waals surface area contributed by atoms with Crippen molar-refractivity contribution in [2.75, 3.05) is 5.32 Å². The Morgan fingerprint density at radius 3 is 2.83 bits per heavy atom. The highest BCUT2D eigenvalue weighted by molar-refractivity contribution is 7.08. The molecular weight excluding hydrogens is 270 g/mol. The average Bonchev–Trinajstić information content (AvgIpc) is 2.72. The van der Waals surface area contributed by atoms with E-state index in [2.05, 4.69) is 10.7 Å². The van der Waals surface area contributed by atoms with E-state index >= 15 is 0 Å². The molecule has 94 valence electrons. The molecule has 1 heterocycles. The molecule has 0 spiro atoms. The van der Waals surface area contributed by atoms with Gasteiger partial charge in [0.25, 0.3) is 0 Å². The van der Waals surface area contributed by atoms with E-state index in [9.17, 15) is 4.79 Å². The van der Waals surface area contributed by atoms with Crippen LogP contribution in [0.25, 0.3) is 0 Å². The highest BCUT2D eigenvalue weighted by atomic mass is 35.5. The van der Waals surface area contributed by atoms with Crippen LogP contribution >= 0.6 is 22.9 Å². The summed E-state index contributed by atoms with van der Waals surface area (Å²) in [6.45, 7) is 2.62. The predicted octanol–water partition coefficient (Wildman–Crippen LogP) is 4.02. The number of aromatic carboxylic acids is 1. The number of carboxylic acid groups (broad SMARTS) is 1. The van der Waals surface area contributed by atoms with Crippen molar-refractivity contribution >= 4 is 34.6 Å². The molecule has 2 rings (SSSR count). The Kier molecular flexibility index (Phi) is 3.89. The van der Waals surface area contributed by atoms with E-state index in [1.807, 2.05) is 12.3 Å². The molecule has 0 saturated carbocycles. The van der Waals surface area contributed by atoms with Crippen LogP contribution in [0, 0.1) is 6.92 Å². The molecule has 2 aromatic rings. The van der Waals surface area contributed by atoms with Gasteiger partial charge in [0.2, 0.25) is 0 Å². The second-order valence-electron chi connectivity index (χ2n) is 3.93. The molecule has 0 atom stereocenters. The van der Waals surface area contributed by atoms with E-state index in [0.717, 1.165) is 5.56 Å². The van der Waals surface area contributed by atoms with Gasteiger partial charge in [-0.15, -0.1) is 0 Å². The Hall–Kier alpha value is -1.52. The second-order valence-corrected chi connectivity index (χ2v) is 5.11. The van der Waals surface area contributed by atoms with Crippen molar-refractivity contribution in [3.63, 3.8) is 0 Å². The zero-order chi connectivity index (χ0) is 13.1. The van der Waals surface area contributed by atoms with Crippen LogP contribution < -0.4 is 5.32 Å². The quantitative estimate of drug-likeness (QED) is 0.890. The third kappa shape index (κ3) is 2.83. The number of hydrogen-bond donors (Lipinski definition) is 2. The largest absolute Gasteiger partial charge is 0.478 e. The molecule has 1 aromatic carbocycles. The van der Waals surface area contributed by atoms with Crippen LogP contribution in [-0.4, -0.2) is 11.1 Å². The second kappa shape index (κ2) is 5.42. The first-order chi connectivity index (χ1) is 8.58. The maximum absolute atomic E-state index is 11.1. The first kappa shape index (κ1) is 12.9. The molecule has 1 aromatic heterocycles. The number of carbonyl (C=O) groups is 1. The van der Waals surface area contributed by atoms with Gasteiger partial charge in [0.1, 0.15) is 0 Å². The van der Waals surface area contributed by atoms with Gasteiger partial charge in [-0.3, -0.25) is 0 Å². The van der Waals surface area contributed by atoms with Crippen molar-refractivity contribution in [3.05, 3.63) is 50.7 Å². The van der Waals surface area contributed by atoms with E-state index in [1.54, 1.807) is 23.5 Å². The lowest BCUT2D eigenvalue weighted by Crippen LogP contribution is -2.06. The van der Waals surface area contributed by atoms with Gasteiger partial charge in [-0.2, -0.15) is 11.3 Å². The summed E-state index contributed by atoms with van der Waals surface area (Å²) in [5, 5.41) is 16.8. The minimum atomic E-state index is -0.962. The lowest BCUT2D eigenvalue weighted by atomic mass is 10.1. The highest BCUT2D eigenvalue weighted by Crippen LogP contribution is 2.23. The minimum Gasteiger partial charge on any atom is -0.478 e. The van der Waals surface area contributed by atoms with Crippen molar-refractivity contribution in [3.8, 4) is 0 Å². The fourth-order valence-corrected chi connectivity index (χ4v) is 2.64. The van der Waals surface area contributed by atoms with Crippen LogP contribution in [0.15, 0.2) is 29.0 Å². The van der Waals surface area contributed by atoms with Gasteiger partial charge in [-0.1, -0.05) is 11.6 Å². The molecule has 3 nitrogen and oxygen atoms in total. The first-order valence-electron chi connectivity index (χ1n) is 5.36. The summed E-state index contributed by atoms with van der Waals surface area (Å²) in [7, 11) is 0. The Balaban J connectivity index is 2.20. The molecule has 0 saturated heterocycles. The normalized spacial score (nSPS) is 10.3. The Morgan fingerprint density at radius 1 is 1.44 bits per heavy atom. The predicted molar refractivity (Wildman–Crippen MR) is 74.8 cm³/mol. The molecule has 18 heavy (non-hydrogen) atoms. The Morgan fingerprint density at radius 2 is 2.22 bits per heavy atom. The summed E-state index contributed by atoms with van der Waals surface area (Å²) in [4.78, 5) is 11.1. The zero-order valence-electron chi connectivity index (χ0n) is 9.74. The monoisotopic (exact) mass is 281 g/mol. The summed E-state index contributed by atoms with van der Waals surface area (Å²) in [6, 6.07) is 4.71. The van der Waals surface area contributed by atoms with Gasteiger partial charge in [0, 0.05) is 11.6 Å². The number of halogens is 1. The topological polar surface area (TPSA) is 49.3 Å². The third-order valence-corrected chi connectivity index (χ3v) is 3.79. The fraction of sp³-hybridized carbons (Fsp3) is 0.154. The summed E-state index contributed by atoms with van der Waals surface area (Å²) >= 11 is 7.52. The molecule has 0 aliphatic rings. The summed E-state index contributed by atoms with van der Waals surface area (Å²) < 4.78 is 0. The number of anilines is 1. The van der Waals surface area contributed by atoms with E-state index in [0.29, 0.717) is 17.3 Å². The van der Waals surface area contributed by atoms with E-state index in [1.165, 1.54) is 11.6 Å². The van der Waals surface area contributed by atoms with Gasteiger partial charge in [0.05, 0.1) is 11.3 Å². The first-order valence-corrected chi connectivity index (χ1v) is 6.68. The molecule has 0 bridgehead atoms. The van der Waals surface area contributed by atoms with Crippen LogP contribution in [-0.2, 0) is 6.54 Å². The summed E-state index contributed by atoms with van der Waals surface area (Å²) in [6.07, 6.45) is 0. The molecular formula is C13H12ClNO2S. The van der Waals surface area contributed by atoms with Gasteiger partial charge in [-0.05, 0) is 47.0 Å². The number of thiophene rings is 1. The van der Waals surface area contributed by atoms with Gasteiger partial charge < -0.3 is 10.4 Å². The summed E-state index contributed by atoms with van der Waals surface area (Å²) in [5.74, 6) is -0.962. The van der Waals surface area contributed by atoms with Gasteiger partial charge >= 0.3 is 5.97 Å². The Bertz CT molecular complexity index is 580. The number of aryl methyl sites for hydroxylation is 1. The number of nitrogens with one attached hydrogen (secondary N) is 1. The third-order valence-electron chi connectivity index (χ3n) is 2.64. The van der Waals surface area contributed by atoms with E-state index < -0.39 is 5.97 Å². The van der Waals surface area contributed by atoms with Crippen molar-refractivity contribution in [2.45, 2.75) is 13.5 Å². The van der Waals surface area contributed by atoms with Crippen molar-refractivity contribution in [1.29, 1.82) is 0 Å². The minimum absolute atomic E-state index is 0.229. The van der Waals surface area contributed by atoms with Gasteiger partial charge in [-0.25, -0.2) is 4.79 Å². The molecule has 0 fully saturated rings. The summed E-state index contributed by atoms with van der Waals surface area (Å²) in [5.41, 5.74) is 3.13. The molecule has 5 heteroatoms. The fourth-order valence-electron chi connectivity index (χ4n) is 1.61. The van der Waals surface area contributed by atoms with Crippen LogP contribution in [0.1, 0.15) is 21.5 Å². The van der Waals surface area contributed by atoms with Crippen LogP contribution in [0.4, 0.5) is 5.69 Å².